The zero-order valence-electron chi connectivity index (χ0n) is 22.6. The maximum absolute atomic E-state index is 14.4. The van der Waals surface area contributed by atoms with E-state index in [1.54, 1.807) is 30.3 Å². The van der Waals surface area contributed by atoms with Crippen LogP contribution in [0.1, 0.15) is 49.7 Å². The maximum Gasteiger partial charge on any atom is 0.281 e. The lowest BCUT2D eigenvalue weighted by atomic mass is 10.1. The molecule has 4 rings (SSSR count). The molecular weight excluding hydrogens is 525 g/mol. The Morgan fingerprint density at radius 2 is 1.82 bits per heavy atom. The molecule has 1 aliphatic rings. The second kappa shape index (κ2) is 13.1. The summed E-state index contributed by atoms with van der Waals surface area (Å²) in [4.78, 5) is 44.2. The third-order valence-corrected chi connectivity index (χ3v) is 5.90. The Hall–Kier alpha value is -4.40. The minimum atomic E-state index is -2.91. The van der Waals surface area contributed by atoms with Gasteiger partial charge in [0, 0.05) is 31.7 Å². The SMILES string of the molecule is CC(C)C.CN(CC(=O)N1CC(C(=O)Nc2ccccc2)CC1C#N)C(=O)c1cc(F)c2nc(C(F)F)cn2c1. The van der Waals surface area contributed by atoms with E-state index in [9.17, 15) is 32.8 Å². The maximum atomic E-state index is 14.4. The van der Waals surface area contributed by atoms with Crippen LogP contribution in [0.2, 0.25) is 0 Å². The summed E-state index contributed by atoms with van der Waals surface area (Å²) >= 11 is 0. The lowest BCUT2D eigenvalue weighted by Crippen LogP contribution is -2.43. The Morgan fingerprint density at radius 3 is 2.42 bits per heavy atom. The molecule has 2 atom stereocenters. The number of likely N-dealkylation sites (tertiary alicyclic amines) is 1. The van der Waals surface area contributed by atoms with Crippen LogP contribution in [0.5, 0.6) is 0 Å². The molecule has 1 aliphatic heterocycles. The molecule has 40 heavy (non-hydrogen) atoms. The van der Waals surface area contributed by atoms with Crippen molar-refractivity contribution in [1.29, 1.82) is 5.26 Å². The number of aromatic nitrogens is 2. The van der Waals surface area contributed by atoms with Crippen molar-refractivity contribution in [2.24, 2.45) is 11.8 Å². The van der Waals surface area contributed by atoms with E-state index < -0.39 is 48.3 Å². The molecule has 0 bridgehead atoms. The number of carbonyl (C=O) groups excluding carboxylic acids is 3. The van der Waals surface area contributed by atoms with Gasteiger partial charge in [-0.1, -0.05) is 39.0 Å². The number of nitrogens with one attached hydrogen (secondary N) is 1. The first kappa shape index (κ1) is 30.1. The van der Waals surface area contributed by atoms with Crippen LogP contribution < -0.4 is 5.32 Å². The number of anilines is 1. The lowest BCUT2D eigenvalue weighted by Gasteiger charge is -2.24. The summed E-state index contributed by atoms with van der Waals surface area (Å²) in [5.74, 6) is -2.36. The number of hydrogen-bond donors (Lipinski definition) is 1. The van der Waals surface area contributed by atoms with Crippen molar-refractivity contribution < 1.29 is 27.6 Å². The van der Waals surface area contributed by atoms with E-state index in [-0.39, 0.29) is 30.1 Å². The van der Waals surface area contributed by atoms with Crippen LogP contribution in [0.15, 0.2) is 48.8 Å². The number of nitrogens with zero attached hydrogens (tertiary/aromatic N) is 5. The lowest BCUT2D eigenvalue weighted by molar-refractivity contribution is -0.131. The number of hydrogen-bond acceptors (Lipinski definition) is 5. The number of fused-ring (bicyclic) bond motifs is 1. The highest BCUT2D eigenvalue weighted by Gasteiger charge is 2.39. The number of alkyl halides is 2. The number of pyridine rings is 1. The van der Waals surface area contributed by atoms with E-state index >= 15 is 0 Å². The molecule has 1 saturated heterocycles. The molecule has 9 nitrogen and oxygen atoms in total. The molecule has 12 heteroatoms. The first-order chi connectivity index (χ1) is 18.9. The number of carbonyl (C=O) groups is 3. The van der Waals surface area contributed by atoms with E-state index in [4.69, 9.17) is 0 Å². The molecule has 2 aromatic heterocycles. The number of nitriles is 1. The van der Waals surface area contributed by atoms with Crippen molar-refractivity contribution >= 4 is 29.1 Å². The molecule has 1 fully saturated rings. The number of likely N-dealkylation sites (N-methyl/N-ethyl adjacent to an activating group) is 1. The highest BCUT2D eigenvalue weighted by Crippen LogP contribution is 2.25. The minimum absolute atomic E-state index is 0.00376. The number of halogens is 3. The van der Waals surface area contributed by atoms with E-state index in [2.05, 4.69) is 31.1 Å². The van der Waals surface area contributed by atoms with Gasteiger partial charge in [-0.15, -0.1) is 0 Å². The van der Waals surface area contributed by atoms with Gasteiger partial charge < -0.3 is 19.5 Å². The summed E-state index contributed by atoms with van der Waals surface area (Å²) in [6, 6.07) is 10.8. The molecule has 1 aromatic carbocycles. The van der Waals surface area contributed by atoms with Gasteiger partial charge in [0.25, 0.3) is 12.3 Å². The summed E-state index contributed by atoms with van der Waals surface area (Å²) in [5, 5.41) is 12.3. The van der Waals surface area contributed by atoms with Gasteiger partial charge in [-0.3, -0.25) is 14.4 Å². The highest BCUT2D eigenvalue weighted by atomic mass is 19.3. The largest absolute Gasteiger partial charge is 0.332 e. The van der Waals surface area contributed by atoms with Crippen LogP contribution in [-0.4, -0.2) is 63.1 Å². The molecule has 3 amide bonds. The van der Waals surface area contributed by atoms with Gasteiger partial charge in [0.05, 0.1) is 24.1 Å². The zero-order chi connectivity index (χ0) is 29.6. The molecule has 212 valence electrons. The first-order valence-electron chi connectivity index (χ1n) is 12.7. The molecule has 0 spiro atoms. The summed E-state index contributed by atoms with van der Waals surface area (Å²) < 4.78 is 41.2. The van der Waals surface area contributed by atoms with Crippen LogP contribution >= 0.6 is 0 Å². The van der Waals surface area contributed by atoms with Gasteiger partial charge in [-0.2, -0.15) is 5.26 Å². The molecule has 0 saturated carbocycles. The van der Waals surface area contributed by atoms with Crippen LogP contribution in [0, 0.1) is 29.0 Å². The first-order valence-corrected chi connectivity index (χ1v) is 12.7. The third-order valence-electron chi connectivity index (χ3n) is 5.90. The van der Waals surface area contributed by atoms with Crippen molar-refractivity contribution in [3.8, 4) is 6.07 Å². The molecular formula is C28H31F3N6O3. The fraction of sp³-hybridized carbons (Fsp3) is 0.393. The fourth-order valence-corrected chi connectivity index (χ4v) is 4.07. The molecule has 3 heterocycles. The topological polar surface area (TPSA) is 111 Å². The Bertz CT molecular complexity index is 1400. The van der Waals surface area contributed by atoms with E-state index in [0.29, 0.717) is 5.69 Å². The van der Waals surface area contributed by atoms with E-state index in [1.807, 2.05) is 6.07 Å². The van der Waals surface area contributed by atoms with Crippen LogP contribution in [0.3, 0.4) is 0 Å². The van der Waals surface area contributed by atoms with Crippen molar-refractivity contribution in [1.82, 2.24) is 19.2 Å². The number of imidazole rings is 1. The molecule has 0 aliphatic carbocycles. The molecule has 1 N–H and O–H groups in total. The summed E-state index contributed by atoms with van der Waals surface area (Å²) in [5.41, 5.74) is -0.570. The van der Waals surface area contributed by atoms with Crippen molar-refractivity contribution in [3.05, 3.63) is 65.9 Å². The number of rotatable bonds is 6. The van der Waals surface area contributed by atoms with Crippen molar-refractivity contribution in [2.45, 2.75) is 39.7 Å². The quantitative estimate of drug-likeness (QED) is 0.480. The average Bonchev–Trinajstić information content (AvgIpc) is 3.54. The summed E-state index contributed by atoms with van der Waals surface area (Å²) in [7, 11) is 1.32. The highest BCUT2D eigenvalue weighted by molar-refractivity contribution is 5.97. The number of amides is 3. The van der Waals surface area contributed by atoms with Crippen LogP contribution in [0.4, 0.5) is 18.9 Å². The summed E-state index contributed by atoms with van der Waals surface area (Å²) in [6.07, 6.45) is -0.685. The second-order valence-electron chi connectivity index (χ2n) is 10.1. The Balaban J connectivity index is 0.00000103. The standard InChI is InChI=1S/C24H21F3N6O3.C4H10/c1-31(24(36)15-8-18(25)22-30-19(21(26)27)12-32(22)10-15)13-20(34)33-11-14(7-17(33)9-28)23(35)29-16-5-3-2-4-6-16;1-4(2)3/h2-6,8,10,12,14,17,21H,7,11,13H2,1H3,(H,29,35);4H,1-3H3. The van der Waals surface area contributed by atoms with Crippen LogP contribution in [0.25, 0.3) is 5.65 Å². The Labute approximate surface area is 230 Å². The molecule has 3 aromatic rings. The van der Waals surface area contributed by atoms with Gasteiger partial charge in [0.1, 0.15) is 11.7 Å². The van der Waals surface area contributed by atoms with E-state index in [1.165, 1.54) is 11.9 Å². The summed E-state index contributed by atoms with van der Waals surface area (Å²) in [6.45, 7) is 6.07. The Morgan fingerprint density at radius 1 is 1.18 bits per heavy atom. The van der Waals surface area contributed by atoms with Gasteiger partial charge in [-0.25, -0.2) is 18.2 Å². The third kappa shape index (κ3) is 7.37. The van der Waals surface area contributed by atoms with Gasteiger partial charge >= 0.3 is 0 Å². The average molecular weight is 557 g/mol. The number of benzene rings is 1. The smallest absolute Gasteiger partial charge is 0.281 e. The fourth-order valence-electron chi connectivity index (χ4n) is 4.07. The zero-order valence-corrected chi connectivity index (χ0v) is 22.6. The van der Waals surface area contributed by atoms with E-state index in [0.717, 1.165) is 33.7 Å². The van der Waals surface area contributed by atoms with Gasteiger partial charge in [-0.05, 0) is 30.5 Å². The molecule has 0 radical (unpaired) electrons. The minimum Gasteiger partial charge on any atom is -0.332 e. The van der Waals surface area contributed by atoms with Crippen LogP contribution in [-0.2, 0) is 9.59 Å². The predicted octanol–water partition coefficient (Wildman–Crippen LogP) is 4.52. The monoisotopic (exact) mass is 556 g/mol. The predicted molar refractivity (Wildman–Crippen MR) is 142 cm³/mol. The normalized spacial score (nSPS) is 16.4. The second-order valence-corrected chi connectivity index (χ2v) is 10.1. The molecule has 2 unspecified atom stereocenters. The number of para-hydroxylation sites is 1. The Kier molecular flexibility index (Phi) is 9.87. The van der Waals surface area contributed by atoms with Crippen molar-refractivity contribution in [3.63, 3.8) is 0 Å². The van der Waals surface area contributed by atoms with Gasteiger partial charge in [0.2, 0.25) is 11.8 Å². The van der Waals surface area contributed by atoms with Crippen molar-refractivity contribution in [2.75, 3.05) is 25.5 Å². The van der Waals surface area contributed by atoms with Gasteiger partial charge in [0.15, 0.2) is 11.5 Å².